The molecule has 4 nitrogen and oxygen atoms in total. The highest BCUT2D eigenvalue weighted by Crippen LogP contribution is 2.42. The van der Waals surface area contributed by atoms with Gasteiger partial charge >= 0.3 is 0 Å². The van der Waals surface area contributed by atoms with Gasteiger partial charge in [-0.1, -0.05) is 164 Å². The maximum atomic E-state index is 9.73. The average Bonchev–Trinajstić information content (AvgIpc) is 3.91. The van der Waals surface area contributed by atoms with Crippen LogP contribution in [0.1, 0.15) is 8.22 Å². The van der Waals surface area contributed by atoms with Crippen LogP contribution in [0.5, 0.6) is 0 Å². The van der Waals surface area contributed by atoms with Crippen molar-refractivity contribution in [1.29, 1.82) is 0 Å². The predicted molar refractivity (Wildman–Crippen MR) is 233 cm³/mol. The van der Waals surface area contributed by atoms with Gasteiger partial charge in [0.2, 0.25) is 0 Å². The minimum absolute atomic E-state index is 0.0362. The molecule has 3 heterocycles. The Kier molecular flexibility index (Phi) is 6.29. The zero-order valence-electron chi connectivity index (χ0n) is 35.6. The second kappa shape index (κ2) is 13.3. The van der Waals surface area contributed by atoms with Crippen LogP contribution in [0.15, 0.2) is 192 Å². The molecule has 0 amide bonds. The third-order valence-corrected chi connectivity index (χ3v) is 11.1. The van der Waals surface area contributed by atoms with E-state index in [0.29, 0.717) is 54.0 Å². The lowest BCUT2D eigenvalue weighted by atomic mass is 9.97. The summed E-state index contributed by atoms with van der Waals surface area (Å²) in [5.41, 5.74) is 7.72. The molecule has 0 saturated heterocycles. The van der Waals surface area contributed by atoms with Gasteiger partial charge in [0.05, 0.1) is 13.8 Å². The first kappa shape index (κ1) is 26.5. The Bertz CT molecular complexity index is 3570. The molecule has 0 N–H and O–H groups in total. The number of aromatic nitrogens is 3. The van der Waals surface area contributed by atoms with Crippen LogP contribution >= 0.6 is 11.3 Å². The third kappa shape index (κ3) is 5.56. The smallest absolute Gasteiger partial charge is 0.167 e. The molecule has 56 heavy (non-hydrogen) atoms. The van der Waals surface area contributed by atoms with Crippen LogP contribution in [0.2, 0.25) is 0 Å². The summed E-state index contributed by atoms with van der Waals surface area (Å²) in [5.74, 6) is 0.626. The van der Waals surface area contributed by atoms with Gasteiger partial charge in [0.25, 0.3) is 0 Å². The Labute approximate surface area is 335 Å². The van der Waals surface area contributed by atoms with E-state index in [4.69, 9.17) is 23.5 Å². The molecule has 0 aliphatic rings. The van der Waals surface area contributed by atoms with E-state index >= 15 is 0 Å². The minimum atomic E-state index is -0.273. The lowest BCUT2D eigenvalue weighted by Gasteiger charge is -2.10. The predicted octanol–water partition coefficient (Wildman–Crippen LogP) is 14.1. The van der Waals surface area contributed by atoms with Gasteiger partial charge in [0, 0.05) is 42.1 Å². The SMILES string of the molecule is [2H]c1c([2H])c(-c2ccc(-c3ccccc3)cc2)c2c(sc3c([2H])c(-c4nc(-c5ccc(-c6ccccc6)cc5)nc(-c5cccc6c5oc5ccccc56)n4)c([2H])c([2H])c32)c1[2H]. The van der Waals surface area contributed by atoms with Crippen molar-refractivity contribution in [3.8, 4) is 67.5 Å². The summed E-state index contributed by atoms with van der Waals surface area (Å²) in [6, 6.07) is 47.9. The second-order valence-electron chi connectivity index (χ2n) is 13.5. The first-order valence-electron chi connectivity index (χ1n) is 21.2. The highest BCUT2D eigenvalue weighted by atomic mass is 32.1. The fraction of sp³-hybridized carbons (Fsp3) is 0. The highest BCUT2D eigenvalue weighted by Gasteiger charge is 2.19. The van der Waals surface area contributed by atoms with Crippen molar-refractivity contribution < 1.29 is 12.6 Å². The molecule has 0 radical (unpaired) electrons. The Morgan fingerprint density at radius 2 is 1.00 bits per heavy atom. The maximum Gasteiger partial charge on any atom is 0.167 e. The van der Waals surface area contributed by atoms with Crippen molar-refractivity contribution in [2.24, 2.45) is 0 Å². The Hall–Kier alpha value is -7.21. The summed E-state index contributed by atoms with van der Waals surface area (Å²) in [7, 11) is 0. The molecule has 0 aliphatic heterocycles. The highest BCUT2D eigenvalue weighted by molar-refractivity contribution is 7.26. The lowest BCUT2D eigenvalue weighted by Crippen LogP contribution is -2.00. The van der Waals surface area contributed by atoms with E-state index < -0.39 is 0 Å². The summed E-state index contributed by atoms with van der Waals surface area (Å²) < 4.78 is 62.9. The van der Waals surface area contributed by atoms with Gasteiger partial charge in [0.1, 0.15) is 11.2 Å². The van der Waals surface area contributed by atoms with Gasteiger partial charge in [-0.2, -0.15) is 0 Å². The maximum absolute atomic E-state index is 9.73. The number of para-hydroxylation sites is 2. The molecule has 3 aromatic heterocycles. The zero-order valence-corrected chi connectivity index (χ0v) is 30.4. The van der Waals surface area contributed by atoms with Crippen LogP contribution in [0.4, 0.5) is 0 Å². The molecule has 11 rings (SSSR count). The molecular formula is C51H31N3OS. The van der Waals surface area contributed by atoms with Crippen LogP contribution in [0, 0.1) is 0 Å². The minimum Gasteiger partial charge on any atom is -0.455 e. The van der Waals surface area contributed by atoms with Crippen molar-refractivity contribution >= 4 is 53.4 Å². The fourth-order valence-electron chi connectivity index (χ4n) is 7.34. The first-order valence-corrected chi connectivity index (χ1v) is 19.0. The van der Waals surface area contributed by atoms with Crippen LogP contribution in [-0.2, 0) is 0 Å². The number of thiophene rings is 1. The molecule has 8 aromatic carbocycles. The van der Waals surface area contributed by atoms with E-state index in [9.17, 15) is 4.11 Å². The molecule has 11 aromatic rings. The number of fused-ring (bicyclic) bond motifs is 6. The molecule has 5 heteroatoms. The molecule has 0 atom stereocenters. The largest absolute Gasteiger partial charge is 0.455 e. The van der Waals surface area contributed by atoms with Crippen molar-refractivity contribution in [1.82, 2.24) is 15.0 Å². The lowest BCUT2D eigenvalue weighted by molar-refractivity contribution is 0.669. The normalized spacial score (nSPS) is 13.1. The Morgan fingerprint density at radius 3 is 1.73 bits per heavy atom. The van der Waals surface area contributed by atoms with E-state index in [-0.39, 0.29) is 58.9 Å². The van der Waals surface area contributed by atoms with Gasteiger partial charge < -0.3 is 4.42 Å². The van der Waals surface area contributed by atoms with E-state index in [1.807, 2.05) is 152 Å². The number of nitrogens with zero attached hydrogens (tertiary/aromatic N) is 3. The van der Waals surface area contributed by atoms with E-state index in [1.165, 1.54) is 0 Å². The molecule has 0 bridgehead atoms. The zero-order chi connectivity index (χ0) is 42.2. The average molecular weight is 740 g/mol. The van der Waals surface area contributed by atoms with Gasteiger partial charge in [0.15, 0.2) is 17.5 Å². The van der Waals surface area contributed by atoms with Crippen LogP contribution in [-0.4, -0.2) is 15.0 Å². The quantitative estimate of drug-likeness (QED) is 0.170. The number of benzene rings is 8. The van der Waals surface area contributed by atoms with E-state index in [1.54, 1.807) is 0 Å². The third-order valence-electron chi connectivity index (χ3n) is 10.1. The number of rotatable bonds is 6. The van der Waals surface area contributed by atoms with Crippen LogP contribution in [0.25, 0.3) is 110 Å². The summed E-state index contributed by atoms with van der Waals surface area (Å²) in [4.78, 5) is 14.9. The number of furan rings is 1. The van der Waals surface area contributed by atoms with E-state index in [2.05, 4.69) is 0 Å². The van der Waals surface area contributed by atoms with Gasteiger partial charge in [-0.05, 0) is 57.6 Å². The van der Waals surface area contributed by atoms with E-state index in [0.717, 1.165) is 44.4 Å². The summed E-state index contributed by atoms with van der Waals surface area (Å²) in [6.07, 6.45) is 0. The van der Waals surface area contributed by atoms with Crippen molar-refractivity contribution in [3.05, 3.63) is 188 Å². The summed E-state index contributed by atoms with van der Waals surface area (Å²) in [6.45, 7) is 0. The standard InChI is InChI=1S/C51H31N3OS/c1-3-11-32(12-4-1)34-21-25-36(26-22-34)39-16-10-20-45-47(39)42-30-29-38(31-46(42)56-45)50-52-49(37-27-23-35(24-28-37)33-13-5-2-6-14-33)53-51(54-50)43-18-9-17-41-40-15-7-8-19-44(40)55-48(41)43/h1-31H/i10D,16D,20D,29D,30D,31D. The van der Waals surface area contributed by atoms with Gasteiger partial charge in [-0.25, -0.2) is 15.0 Å². The second-order valence-corrected chi connectivity index (χ2v) is 14.5. The summed E-state index contributed by atoms with van der Waals surface area (Å²) >= 11 is 1.12. The topological polar surface area (TPSA) is 51.8 Å². The molecule has 0 saturated carbocycles. The molecule has 0 fully saturated rings. The summed E-state index contributed by atoms with van der Waals surface area (Å²) in [5, 5.41) is 2.52. The molecular weight excluding hydrogens is 703 g/mol. The number of hydrogen-bond acceptors (Lipinski definition) is 5. The monoisotopic (exact) mass is 739 g/mol. The Balaban J connectivity index is 1.14. The van der Waals surface area contributed by atoms with Crippen LogP contribution in [0.3, 0.4) is 0 Å². The van der Waals surface area contributed by atoms with Crippen molar-refractivity contribution in [2.75, 3.05) is 0 Å². The number of hydrogen-bond donors (Lipinski definition) is 0. The van der Waals surface area contributed by atoms with Gasteiger partial charge in [-0.15, -0.1) is 11.3 Å². The van der Waals surface area contributed by atoms with Crippen molar-refractivity contribution in [3.63, 3.8) is 0 Å². The molecule has 0 aliphatic carbocycles. The molecule has 262 valence electrons. The molecule has 0 unspecified atom stereocenters. The van der Waals surface area contributed by atoms with Gasteiger partial charge in [-0.3, -0.25) is 0 Å². The first-order chi connectivity index (χ1) is 30.2. The van der Waals surface area contributed by atoms with Crippen molar-refractivity contribution in [2.45, 2.75) is 0 Å². The van der Waals surface area contributed by atoms with Crippen LogP contribution < -0.4 is 0 Å². The molecule has 0 spiro atoms. The Morgan fingerprint density at radius 1 is 0.411 bits per heavy atom. The fourth-order valence-corrected chi connectivity index (χ4v) is 8.36.